The lowest BCUT2D eigenvalue weighted by atomic mass is 10.0. The van der Waals surface area contributed by atoms with E-state index in [1.165, 1.54) is 0 Å². The molecule has 0 spiro atoms. The Morgan fingerprint density at radius 2 is 2.11 bits per heavy atom. The molecule has 18 heavy (non-hydrogen) atoms. The molecular weight excluding hydrogens is 254 g/mol. The second-order valence-corrected chi connectivity index (χ2v) is 5.21. The average molecular weight is 268 g/mol. The molecule has 2 N–H and O–H groups in total. The lowest BCUT2D eigenvalue weighted by molar-refractivity contribution is -0.148. The van der Waals surface area contributed by atoms with Crippen LogP contribution in [0.25, 0.3) is 0 Å². The molecule has 5 heteroatoms. The largest absolute Gasteiger partial charge is 0.480 e. The Hall–Kier alpha value is -1.55. The number of rotatable bonds is 3. The highest BCUT2D eigenvalue weighted by Crippen LogP contribution is 2.53. The van der Waals surface area contributed by atoms with Gasteiger partial charge in [0.05, 0.1) is 0 Å². The van der Waals surface area contributed by atoms with Gasteiger partial charge in [-0.1, -0.05) is 24.6 Å². The number of aliphatic carboxylic acids is 1. The van der Waals surface area contributed by atoms with Crippen LogP contribution in [0.5, 0.6) is 0 Å². The van der Waals surface area contributed by atoms with Crippen LogP contribution in [0.4, 0.5) is 5.69 Å². The van der Waals surface area contributed by atoms with Gasteiger partial charge in [0.15, 0.2) is 0 Å². The van der Waals surface area contributed by atoms with E-state index in [0.717, 1.165) is 5.56 Å². The maximum absolute atomic E-state index is 12.0. The van der Waals surface area contributed by atoms with E-state index in [0.29, 0.717) is 17.1 Å². The van der Waals surface area contributed by atoms with Crippen molar-refractivity contribution in [2.24, 2.45) is 11.3 Å². The third kappa shape index (κ3) is 1.97. The Balaban J connectivity index is 2.17. The van der Waals surface area contributed by atoms with Crippen LogP contribution in [0.3, 0.4) is 0 Å². The van der Waals surface area contributed by atoms with Crippen molar-refractivity contribution in [3.8, 4) is 0 Å². The summed E-state index contributed by atoms with van der Waals surface area (Å²) in [7, 11) is 0. The second-order valence-electron chi connectivity index (χ2n) is 4.80. The van der Waals surface area contributed by atoms with Crippen LogP contribution in [0.15, 0.2) is 18.2 Å². The Morgan fingerprint density at radius 1 is 1.50 bits per heavy atom. The molecule has 0 aliphatic heterocycles. The van der Waals surface area contributed by atoms with Crippen LogP contribution in [-0.2, 0) is 9.59 Å². The van der Waals surface area contributed by atoms with Gasteiger partial charge in [-0.15, -0.1) is 0 Å². The second kappa shape index (κ2) is 4.28. The maximum atomic E-state index is 12.0. The number of hydrogen-bond acceptors (Lipinski definition) is 2. The minimum atomic E-state index is -1.27. The molecule has 0 heterocycles. The summed E-state index contributed by atoms with van der Waals surface area (Å²) in [5.41, 5.74) is 0.162. The molecule has 1 aliphatic rings. The van der Waals surface area contributed by atoms with Gasteiger partial charge in [-0.05, 0) is 37.0 Å². The average Bonchev–Trinajstić information content (AvgIpc) is 2.97. The van der Waals surface area contributed by atoms with Gasteiger partial charge >= 0.3 is 5.97 Å². The molecule has 1 aromatic rings. The number of carbonyl (C=O) groups is 2. The predicted molar refractivity (Wildman–Crippen MR) is 68.7 cm³/mol. The van der Waals surface area contributed by atoms with Gasteiger partial charge in [0.1, 0.15) is 5.41 Å². The van der Waals surface area contributed by atoms with Gasteiger partial charge in [0, 0.05) is 10.7 Å². The number of carboxylic acids is 1. The highest BCUT2D eigenvalue weighted by Gasteiger charge is 2.63. The Bertz CT molecular complexity index is 529. The number of halogens is 1. The fourth-order valence-electron chi connectivity index (χ4n) is 2.05. The number of carbonyl (C=O) groups excluding carboxylic acids is 1. The molecule has 1 aliphatic carbocycles. The monoisotopic (exact) mass is 267 g/mol. The fourth-order valence-corrected chi connectivity index (χ4v) is 2.23. The fraction of sp³-hybridized carbons (Fsp3) is 0.385. The molecule has 2 atom stereocenters. The topological polar surface area (TPSA) is 66.4 Å². The SMILES string of the molecule is Cc1ccc(NC(=O)[C@]2(C(=O)O)C[C@H]2C)cc1Cl. The quantitative estimate of drug-likeness (QED) is 0.828. The molecular formula is C13H14ClNO3. The summed E-state index contributed by atoms with van der Waals surface area (Å²) in [5, 5.41) is 12.3. The summed E-state index contributed by atoms with van der Waals surface area (Å²) >= 11 is 5.95. The standard InChI is InChI=1S/C13H14ClNO3/c1-7-3-4-9(5-10(7)14)15-11(16)13(12(17)18)6-8(13)2/h3-5,8H,6H2,1-2H3,(H,15,16)(H,17,18)/t8-,13+/m1/s1. The van der Waals surface area contributed by atoms with Crippen LogP contribution in [0, 0.1) is 18.3 Å². The summed E-state index contributed by atoms with van der Waals surface area (Å²) in [6.07, 6.45) is 0.383. The molecule has 0 unspecified atom stereocenters. The molecule has 0 aromatic heterocycles. The molecule has 2 rings (SSSR count). The Morgan fingerprint density at radius 3 is 2.56 bits per heavy atom. The number of amides is 1. The first-order valence-corrected chi connectivity index (χ1v) is 6.06. The van der Waals surface area contributed by atoms with E-state index in [4.69, 9.17) is 16.7 Å². The zero-order chi connectivity index (χ0) is 13.5. The van der Waals surface area contributed by atoms with E-state index in [1.807, 2.05) is 6.92 Å². The van der Waals surface area contributed by atoms with Gasteiger partial charge < -0.3 is 10.4 Å². The number of nitrogens with one attached hydrogen (secondary N) is 1. The highest BCUT2D eigenvalue weighted by atomic mass is 35.5. The molecule has 4 nitrogen and oxygen atoms in total. The van der Waals surface area contributed by atoms with Crippen molar-refractivity contribution in [3.05, 3.63) is 28.8 Å². The number of aryl methyl sites for hydroxylation is 1. The van der Waals surface area contributed by atoms with E-state index in [9.17, 15) is 9.59 Å². The first-order chi connectivity index (χ1) is 8.37. The molecule has 1 saturated carbocycles. The molecule has 96 valence electrons. The normalized spacial score (nSPS) is 25.6. The number of benzene rings is 1. The van der Waals surface area contributed by atoms with Crippen LogP contribution < -0.4 is 5.32 Å². The summed E-state index contributed by atoms with van der Waals surface area (Å²) in [4.78, 5) is 23.2. The molecule has 1 aromatic carbocycles. The lowest BCUT2D eigenvalue weighted by Crippen LogP contribution is -2.32. The summed E-state index contributed by atoms with van der Waals surface area (Å²) in [6.45, 7) is 3.62. The third-order valence-corrected chi connectivity index (χ3v) is 3.93. The molecule has 0 radical (unpaired) electrons. The molecule has 0 bridgehead atoms. The zero-order valence-electron chi connectivity index (χ0n) is 10.2. The Labute approximate surface area is 110 Å². The van der Waals surface area contributed by atoms with Crippen molar-refractivity contribution in [1.29, 1.82) is 0 Å². The summed E-state index contributed by atoms with van der Waals surface area (Å²) in [5.74, 6) is -1.66. The van der Waals surface area contributed by atoms with Crippen molar-refractivity contribution >= 4 is 29.2 Å². The van der Waals surface area contributed by atoms with Crippen LogP contribution >= 0.6 is 11.6 Å². The molecule has 1 amide bonds. The van der Waals surface area contributed by atoms with E-state index < -0.39 is 17.3 Å². The maximum Gasteiger partial charge on any atom is 0.319 e. The minimum absolute atomic E-state index is 0.129. The lowest BCUT2D eigenvalue weighted by Gasteiger charge is -2.12. The predicted octanol–water partition coefficient (Wildman–Crippen LogP) is 2.70. The third-order valence-electron chi connectivity index (χ3n) is 3.53. The van der Waals surface area contributed by atoms with Gasteiger partial charge in [-0.3, -0.25) is 9.59 Å². The smallest absolute Gasteiger partial charge is 0.319 e. The van der Waals surface area contributed by atoms with Gasteiger partial charge in [0.25, 0.3) is 0 Å². The van der Waals surface area contributed by atoms with E-state index >= 15 is 0 Å². The number of hydrogen-bond donors (Lipinski definition) is 2. The zero-order valence-corrected chi connectivity index (χ0v) is 10.9. The van der Waals surface area contributed by atoms with Crippen molar-refractivity contribution < 1.29 is 14.7 Å². The molecule has 0 saturated heterocycles. The van der Waals surface area contributed by atoms with Crippen molar-refractivity contribution in [3.63, 3.8) is 0 Å². The van der Waals surface area contributed by atoms with Gasteiger partial charge in [-0.2, -0.15) is 0 Å². The first-order valence-electron chi connectivity index (χ1n) is 5.69. The van der Waals surface area contributed by atoms with Crippen molar-refractivity contribution in [2.45, 2.75) is 20.3 Å². The summed E-state index contributed by atoms with van der Waals surface area (Å²) in [6, 6.07) is 5.11. The summed E-state index contributed by atoms with van der Waals surface area (Å²) < 4.78 is 0. The number of carboxylic acid groups (broad SMARTS) is 1. The van der Waals surface area contributed by atoms with Crippen molar-refractivity contribution in [2.75, 3.05) is 5.32 Å². The van der Waals surface area contributed by atoms with Crippen molar-refractivity contribution in [1.82, 2.24) is 0 Å². The van der Waals surface area contributed by atoms with Gasteiger partial charge in [-0.25, -0.2) is 0 Å². The highest BCUT2D eigenvalue weighted by molar-refractivity contribution is 6.31. The Kier molecular flexibility index (Phi) is 3.07. The van der Waals surface area contributed by atoms with Crippen LogP contribution in [0.2, 0.25) is 5.02 Å². The van der Waals surface area contributed by atoms with E-state index in [2.05, 4.69) is 5.32 Å². The molecule has 1 fully saturated rings. The van der Waals surface area contributed by atoms with Crippen LogP contribution in [0.1, 0.15) is 18.9 Å². The minimum Gasteiger partial charge on any atom is -0.480 e. The first kappa shape index (κ1) is 12.9. The number of anilines is 1. The van der Waals surface area contributed by atoms with E-state index in [-0.39, 0.29) is 5.92 Å². The van der Waals surface area contributed by atoms with Gasteiger partial charge in [0.2, 0.25) is 5.91 Å². The van der Waals surface area contributed by atoms with Crippen LogP contribution in [-0.4, -0.2) is 17.0 Å². The van der Waals surface area contributed by atoms with E-state index in [1.54, 1.807) is 25.1 Å².